The lowest BCUT2D eigenvalue weighted by atomic mass is 9.89. The van der Waals surface area contributed by atoms with Gasteiger partial charge >= 0.3 is 0 Å². The molecule has 1 fully saturated rings. The molecule has 7 nitrogen and oxygen atoms in total. The second-order valence-electron chi connectivity index (χ2n) is 2.90. The first kappa shape index (κ1) is 8.69. The molecule has 68 valence electrons. The van der Waals surface area contributed by atoms with Crippen LogP contribution in [0, 0.1) is 20.2 Å². The Bertz CT molecular complexity index is 223. The molecule has 0 spiro atoms. The van der Waals surface area contributed by atoms with Gasteiger partial charge in [-0.2, -0.15) is 0 Å². The van der Waals surface area contributed by atoms with Gasteiger partial charge < -0.3 is 0 Å². The highest BCUT2D eigenvalue weighted by Crippen LogP contribution is 2.27. The van der Waals surface area contributed by atoms with Gasteiger partial charge in [0.05, 0.1) is 0 Å². The third-order valence-electron chi connectivity index (χ3n) is 2.23. The molecule has 0 amide bonds. The van der Waals surface area contributed by atoms with Crippen molar-refractivity contribution < 1.29 is 9.96 Å². The van der Waals surface area contributed by atoms with E-state index in [0.717, 1.165) is 5.01 Å². The summed E-state index contributed by atoms with van der Waals surface area (Å²) in [4.78, 5) is 20.2. The van der Waals surface area contributed by atoms with E-state index in [2.05, 4.69) is 0 Å². The predicted molar refractivity (Wildman–Crippen MR) is 38.6 cm³/mol. The van der Waals surface area contributed by atoms with Gasteiger partial charge in [-0.05, 0) is 0 Å². The summed E-state index contributed by atoms with van der Waals surface area (Å²) in [5.74, 6) is 0. The van der Waals surface area contributed by atoms with Crippen LogP contribution in [-0.4, -0.2) is 33.6 Å². The van der Waals surface area contributed by atoms with Crippen LogP contribution in [0.15, 0.2) is 0 Å². The molecule has 0 aromatic carbocycles. The Morgan fingerprint density at radius 2 is 1.92 bits per heavy atom. The molecule has 0 aromatic heterocycles. The molecular formula is C5H9N3O4. The Balaban J connectivity index is 2.58. The first-order chi connectivity index (χ1) is 5.52. The van der Waals surface area contributed by atoms with E-state index in [1.54, 1.807) is 6.92 Å². The smallest absolute Gasteiger partial charge is 0.264 e. The van der Waals surface area contributed by atoms with E-state index in [0.29, 0.717) is 6.42 Å². The molecule has 7 heteroatoms. The van der Waals surface area contributed by atoms with Gasteiger partial charge in [0.25, 0.3) is 5.54 Å². The summed E-state index contributed by atoms with van der Waals surface area (Å²) < 4.78 is 0. The largest absolute Gasteiger partial charge is 0.267 e. The molecule has 0 aliphatic carbocycles. The summed E-state index contributed by atoms with van der Waals surface area (Å²) in [6.07, 6.45) is 0.338. The van der Waals surface area contributed by atoms with Crippen LogP contribution in [0.3, 0.4) is 0 Å². The molecule has 1 aliphatic heterocycles. The number of hydrazine groups is 1. The Kier molecular flexibility index (Phi) is 1.87. The molecule has 0 aromatic rings. The number of nitrogens with zero attached hydrogens (tertiary/aromatic N) is 3. The molecule has 12 heavy (non-hydrogen) atoms. The fourth-order valence-electron chi connectivity index (χ4n) is 1.22. The van der Waals surface area contributed by atoms with Gasteiger partial charge in [0, 0.05) is 11.3 Å². The second kappa shape index (κ2) is 2.58. The van der Waals surface area contributed by atoms with Crippen LogP contribution in [0.5, 0.6) is 0 Å². The highest BCUT2D eigenvalue weighted by atomic mass is 16.7. The highest BCUT2D eigenvalue weighted by molar-refractivity contribution is 4.91. The maximum atomic E-state index is 10.5. The Morgan fingerprint density at radius 1 is 1.42 bits per heavy atom. The van der Waals surface area contributed by atoms with Gasteiger partial charge in [-0.25, -0.2) is 10.1 Å². The second-order valence-corrected chi connectivity index (χ2v) is 2.90. The molecule has 0 bridgehead atoms. The van der Waals surface area contributed by atoms with Crippen molar-refractivity contribution in [2.75, 3.05) is 13.1 Å². The molecule has 1 heterocycles. The van der Waals surface area contributed by atoms with Crippen molar-refractivity contribution in [3.8, 4) is 0 Å². The van der Waals surface area contributed by atoms with E-state index in [1.165, 1.54) is 0 Å². The van der Waals surface area contributed by atoms with E-state index in [4.69, 9.17) is 0 Å². The molecule has 0 atom stereocenters. The lowest BCUT2D eigenvalue weighted by molar-refractivity contribution is -0.722. The number of nitro groups is 2. The minimum absolute atomic E-state index is 0.0799. The Hall–Kier alpha value is -1.40. The average Bonchev–Trinajstić information content (AvgIpc) is 1.84. The van der Waals surface area contributed by atoms with Gasteiger partial charge in [0.15, 0.2) is 18.1 Å². The van der Waals surface area contributed by atoms with Gasteiger partial charge in [-0.15, -0.1) is 5.01 Å². The third kappa shape index (κ3) is 1.06. The van der Waals surface area contributed by atoms with E-state index in [9.17, 15) is 20.2 Å². The number of rotatable bonds is 3. The van der Waals surface area contributed by atoms with Gasteiger partial charge in [-0.1, -0.05) is 6.92 Å². The lowest BCUT2D eigenvalue weighted by Gasteiger charge is -2.36. The van der Waals surface area contributed by atoms with Crippen LogP contribution < -0.4 is 0 Å². The van der Waals surface area contributed by atoms with Gasteiger partial charge in [-0.3, -0.25) is 10.1 Å². The molecule has 0 unspecified atom stereocenters. The summed E-state index contributed by atoms with van der Waals surface area (Å²) in [6.45, 7) is 1.51. The normalized spacial score (nSPS) is 19.9. The van der Waals surface area contributed by atoms with Crippen LogP contribution in [0.2, 0.25) is 0 Å². The SMILES string of the molecule is CCC1([N+](=O)[O-])CN([N+](=O)[O-])C1. The summed E-state index contributed by atoms with van der Waals surface area (Å²) in [7, 11) is 0. The maximum Gasteiger partial charge on any atom is 0.267 e. The Morgan fingerprint density at radius 3 is 2.17 bits per heavy atom. The van der Waals surface area contributed by atoms with Crippen LogP contribution in [-0.2, 0) is 0 Å². The van der Waals surface area contributed by atoms with Crippen LogP contribution in [0.25, 0.3) is 0 Å². The fourth-order valence-corrected chi connectivity index (χ4v) is 1.22. The standard InChI is InChI=1S/C5H9N3O4/c1-2-5(7(9)10)3-6(4-5)8(11)12/h2-4H2,1H3. The molecular weight excluding hydrogens is 166 g/mol. The predicted octanol–water partition coefficient (Wildman–Crippen LogP) is -0.0808. The van der Waals surface area contributed by atoms with Gasteiger partial charge in [0.2, 0.25) is 0 Å². The molecule has 1 saturated heterocycles. The topological polar surface area (TPSA) is 89.5 Å². The zero-order chi connectivity index (χ0) is 9.35. The van der Waals surface area contributed by atoms with E-state index >= 15 is 0 Å². The minimum Gasteiger partial charge on any atom is -0.264 e. The van der Waals surface area contributed by atoms with E-state index < -0.39 is 15.5 Å². The van der Waals surface area contributed by atoms with Crippen molar-refractivity contribution in [2.24, 2.45) is 0 Å². The molecule has 1 aliphatic rings. The summed E-state index contributed by atoms with van der Waals surface area (Å²) in [5.41, 5.74) is -1.08. The zero-order valence-corrected chi connectivity index (χ0v) is 6.60. The van der Waals surface area contributed by atoms with Crippen molar-refractivity contribution >= 4 is 0 Å². The van der Waals surface area contributed by atoms with Crippen LogP contribution in [0.1, 0.15) is 13.3 Å². The first-order valence-electron chi connectivity index (χ1n) is 3.55. The van der Waals surface area contributed by atoms with Crippen molar-refractivity contribution in [1.82, 2.24) is 5.01 Å². The van der Waals surface area contributed by atoms with Crippen molar-refractivity contribution in [3.63, 3.8) is 0 Å². The van der Waals surface area contributed by atoms with Crippen molar-refractivity contribution in [3.05, 3.63) is 20.2 Å². The highest BCUT2D eigenvalue weighted by Gasteiger charge is 2.57. The minimum atomic E-state index is -1.08. The summed E-state index contributed by atoms with van der Waals surface area (Å²) >= 11 is 0. The lowest BCUT2D eigenvalue weighted by Crippen LogP contribution is -2.67. The van der Waals surface area contributed by atoms with E-state index in [1.807, 2.05) is 0 Å². The maximum absolute atomic E-state index is 10.5. The summed E-state index contributed by atoms with van der Waals surface area (Å²) in [5, 5.41) is 20.8. The van der Waals surface area contributed by atoms with Gasteiger partial charge in [0.1, 0.15) is 0 Å². The average molecular weight is 175 g/mol. The first-order valence-corrected chi connectivity index (χ1v) is 3.55. The number of hydrogen-bond acceptors (Lipinski definition) is 4. The molecule has 0 N–H and O–H groups in total. The number of hydrogen-bond donors (Lipinski definition) is 0. The molecule has 0 radical (unpaired) electrons. The van der Waals surface area contributed by atoms with E-state index in [-0.39, 0.29) is 13.1 Å². The van der Waals surface area contributed by atoms with Crippen molar-refractivity contribution in [1.29, 1.82) is 0 Å². The monoisotopic (exact) mass is 175 g/mol. The zero-order valence-electron chi connectivity index (χ0n) is 6.60. The molecule has 1 rings (SSSR count). The fraction of sp³-hybridized carbons (Fsp3) is 1.00. The quantitative estimate of drug-likeness (QED) is 0.442. The van der Waals surface area contributed by atoms with Crippen molar-refractivity contribution in [2.45, 2.75) is 18.9 Å². The summed E-state index contributed by atoms with van der Waals surface area (Å²) in [6, 6.07) is 0. The Labute approximate surface area is 68.2 Å². The van der Waals surface area contributed by atoms with Crippen LogP contribution in [0.4, 0.5) is 0 Å². The third-order valence-corrected chi connectivity index (χ3v) is 2.23. The molecule has 0 saturated carbocycles. The van der Waals surface area contributed by atoms with Crippen LogP contribution >= 0.6 is 0 Å².